The predicted molar refractivity (Wildman–Crippen MR) is 64.9 cm³/mol. The molecule has 1 heterocycles. The van der Waals surface area contributed by atoms with Gasteiger partial charge in [-0.3, -0.25) is 9.59 Å². The number of hydrogen-bond acceptors (Lipinski definition) is 5. The molecule has 104 valence electrons. The molecule has 1 fully saturated rings. The molecule has 0 bridgehead atoms. The van der Waals surface area contributed by atoms with Crippen molar-refractivity contribution in [2.45, 2.75) is 52.7 Å². The minimum absolute atomic E-state index is 0.0473. The number of carbonyl (C=O) groups excluding carboxylic acids is 2. The molecule has 0 aliphatic carbocycles. The highest BCUT2D eigenvalue weighted by atomic mass is 16.6. The summed E-state index contributed by atoms with van der Waals surface area (Å²) < 4.78 is 16.1. The predicted octanol–water partition coefficient (Wildman–Crippen LogP) is 1.69. The average molecular weight is 258 g/mol. The summed E-state index contributed by atoms with van der Waals surface area (Å²) in [5.74, 6) is -0.680. The molecule has 0 amide bonds. The van der Waals surface area contributed by atoms with Crippen molar-refractivity contribution in [3.8, 4) is 0 Å². The topological polar surface area (TPSA) is 61.8 Å². The van der Waals surface area contributed by atoms with Gasteiger partial charge in [-0.2, -0.15) is 0 Å². The molecule has 18 heavy (non-hydrogen) atoms. The Morgan fingerprint density at radius 1 is 1.17 bits per heavy atom. The van der Waals surface area contributed by atoms with E-state index in [0.29, 0.717) is 6.42 Å². The molecule has 1 aliphatic heterocycles. The van der Waals surface area contributed by atoms with Gasteiger partial charge in [0.25, 0.3) is 0 Å². The Hall–Kier alpha value is -1.10. The van der Waals surface area contributed by atoms with Crippen LogP contribution in [-0.4, -0.2) is 36.9 Å². The Bertz CT molecular complexity index is 316. The third kappa shape index (κ3) is 3.22. The highest BCUT2D eigenvalue weighted by Gasteiger charge is 2.54. The molecule has 0 radical (unpaired) electrons. The molecule has 5 nitrogen and oxygen atoms in total. The van der Waals surface area contributed by atoms with Crippen LogP contribution in [0.5, 0.6) is 0 Å². The SMILES string of the molecule is CC(=O)OCC1(COC(C)=O)CC(C)OC1(C)C. The Kier molecular flexibility index (Phi) is 4.37. The molecule has 1 aliphatic rings. The number of ether oxygens (including phenoxy) is 3. The first-order valence-corrected chi connectivity index (χ1v) is 6.13. The second-order valence-corrected chi connectivity index (χ2v) is 5.48. The Morgan fingerprint density at radius 3 is 1.89 bits per heavy atom. The molecule has 0 aromatic rings. The van der Waals surface area contributed by atoms with Crippen LogP contribution in [0.1, 0.15) is 41.0 Å². The summed E-state index contributed by atoms with van der Waals surface area (Å²) in [6, 6.07) is 0. The third-order valence-electron chi connectivity index (χ3n) is 3.55. The molecule has 0 aromatic heterocycles. The molecule has 1 saturated heterocycles. The molecule has 1 atom stereocenters. The first-order chi connectivity index (χ1) is 8.18. The summed E-state index contributed by atoms with van der Waals surface area (Å²) in [7, 11) is 0. The molecule has 0 spiro atoms. The van der Waals surface area contributed by atoms with Gasteiger partial charge in [0, 0.05) is 13.8 Å². The minimum atomic E-state index is -0.503. The molecular weight excluding hydrogens is 236 g/mol. The summed E-state index contributed by atoms with van der Waals surface area (Å²) in [5, 5.41) is 0. The monoisotopic (exact) mass is 258 g/mol. The van der Waals surface area contributed by atoms with E-state index in [1.165, 1.54) is 13.8 Å². The maximum absolute atomic E-state index is 11.0. The number of carbonyl (C=O) groups is 2. The lowest BCUT2D eigenvalue weighted by Crippen LogP contribution is -2.47. The van der Waals surface area contributed by atoms with Crippen molar-refractivity contribution in [1.82, 2.24) is 0 Å². The van der Waals surface area contributed by atoms with E-state index in [9.17, 15) is 9.59 Å². The molecular formula is C13H22O5. The van der Waals surface area contributed by atoms with Crippen molar-refractivity contribution in [1.29, 1.82) is 0 Å². The molecule has 0 aromatic carbocycles. The lowest BCUT2D eigenvalue weighted by molar-refractivity contribution is -0.160. The zero-order valence-corrected chi connectivity index (χ0v) is 11.7. The molecule has 1 unspecified atom stereocenters. The van der Waals surface area contributed by atoms with Crippen LogP contribution >= 0.6 is 0 Å². The highest BCUT2D eigenvalue weighted by molar-refractivity contribution is 5.66. The van der Waals surface area contributed by atoms with Gasteiger partial charge >= 0.3 is 11.9 Å². The van der Waals surface area contributed by atoms with E-state index >= 15 is 0 Å². The zero-order chi connectivity index (χ0) is 14.0. The van der Waals surface area contributed by atoms with Gasteiger partial charge in [0.05, 0.1) is 17.1 Å². The van der Waals surface area contributed by atoms with E-state index in [1.54, 1.807) is 0 Å². The van der Waals surface area contributed by atoms with Gasteiger partial charge in [0.1, 0.15) is 13.2 Å². The third-order valence-corrected chi connectivity index (χ3v) is 3.55. The second-order valence-electron chi connectivity index (χ2n) is 5.48. The lowest BCUT2D eigenvalue weighted by atomic mass is 9.74. The standard InChI is InChI=1S/C13H22O5/c1-9-6-13(7-16-10(2)14,8-17-11(3)15)12(4,5)18-9/h9H,6-8H2,1-5H3. The molecule has 1 rings (SSSR count). The summed E-state index contributed by atoms with van der Waals surface area (Å²) in [6.07, 6.45) is 0.742. The Balaban J connectivity index is 2.86. The van der Waals surface area contributed by atoms with Crippen molar-refractivity contribution >= 4 is 11.9 Å². The van der Waals surface area contributed by atoms with E-state index in [2.05, 4.69) is 0 Å². The second kappa shape index (κ2) is 5.26. The molecule has 0 N–H and O–H groups in total. The van der Waals surface area contributed by atoms with Crippen molar-refractivity contribution in [2.24, 2.45) is 5.41 Å². The van der Waals surface area contributed by atoms with Gasteiger partial charge in [0.2, 0.25) is 0 Å². The van der Waals surface area contributed by atoms with Crippen LogP contribution in [0.3, 0.4) is 0 Å². The van der Waals surface area contributed by atoms with Gasteiger partial charge in [0.15, 0.2) is 0 Å². The minimum Gasteiger partial charge on any atom is -0.465 e. The summed E-state index contributed by atoms with van der Waals surface area (Å²) in [4.78, 5) is 22.0. The van der Waals surface area contributed by atoms with E-state index in [4.69, 9.17) is 14.2 Å². The molecule has 0 saturated carbocycles. The van der Waals surface area contributed by atoms with E-state index in [0.717, 1.165) is 0 Å². The summed E-state index contributed by atoms with van der Waals surface area (Å²) in [5.41, 5.74) is -0.985. The fourth-order valence-electron chi connectivity index (χ4n) is 2.45. The van der Waals surface area contributed by atoms with E-state index in [-0.39, 0.29) is 31.3 Å². The Labute approximate surface area is 108 Å². The van der Waals surface area contributed by atoms with Crippen LogP contribution in [0, 0.1) is 5.41 Å². The van der Waals surface area contributed by atoms with Crippen molar-refractivity contribution in [3.05, 3.63) is 0 Å². The van der Waals surface area contributed by atoms with Crippen LogP contribution in [0.4, 0.5) is 0 Å². The first kappa shape index (κ1) is 15.0. The first-order valence-electron chi connectivity index (χ1n) is 6.13. The van der Waals surface area contributed by atoms with Gasteiger partial charge in [-0.05, 0) is 27.2 Å². The maximum Gasteiger partial charge on any atom is 0.302 e. The van der Waals surface area contributed by atoms with Gasteiger partial charge in [-0.15, -0.1) is 0 Å². The van der Waals surface area contributed by atoms with Crippen molar-refractivity contribution in [3.63, 3.8) is 0 Å². The zero-order valence-electron chi connectivity index (χ0n) is 11.7. The van der Waals surface area contributed by atoms with Crippen LogP contribution < -0.4 is 0 Å². The van der Waals surface area contributed by atoms with Crippen LogP contribution in [0.15, 0.2) is 0 Å². The normalized spacial score (nSPS) is 24.6. The van der Waals surface area contributed by atoms with Crippen molar-refractivity contribution in [2.75, 3.05) is 13.2 Å². The highest BCUT2D eigenvalue weighted by Crippen LogP contribution is 2.47. The van der Waals surface area contributed by atoms with Gasteiger partial charge in [-0.1, -0.05) is 0 Å². The number of hydrogen-bond donors (Lipinski definition) is 0. The van der Waals surface area contributed by atoms with E-state index in [1.807, 2.05) is 20.8 Å². The summed E-state index contributed by atoms with van der Waals surface area (Å²) >= 11 is 0. The largest absolute Gasteiger partial charge is 0.465 e. The van der Waals surface area contributed by atoms with Crippen LogP contribution in [-0.2, 0) is 23.8 Å². The summed E-state index contributed by atoms with van der Waals surface area (Å²) in [6.45, 7) is 8.97. The van der Waals surface area contributed by atoms with Gasteiger partial charge < -0.3 is 14.2 Å². The van der Waals surface area contributed by atoms with Crippen LogP contribution in [0.25, 0.3) is 0 Å². The van der Waals surface area contributed by atoms with Crippen molar-refractivity contribution < 1.29 is 23.8 Å². The Morgan fingerprint density at radius 2 is 1.61 bits per heavy atom. The number of esters is 2. The fourth-order valence-corrected chi connectivity index (χ4v) is 2.45. The smallest absolute Gasteiger partial charge is 0.302 e. The lowest BCUT2D eigenvalue weighted by Gasteiger charge is -2.38. The maximum atomic E-state index is 11.0. The quantitative estimate of drug-likeness (QED) is 0.718. The molecule has 5 heteroatoms. The number of rotatable bonds is 4. The van der Waals surface area contributed by atoms with Gasteiger partial charge in [-0.25, -0.2) is 0 Å². The average Bonchev–Trinajstić information content (AvgIpc) is 2.42. The van der Waals surface area contributed by atoms with E-state index < -0.39 is 11.0 Å². The van der Waals surface area contributed by atoms with Crippen LogP contribution in [0.2, 0.25) is 0 Å². The fraction of sp³-hybridized carbons (Fsp3) is 0.846.